The standard InChI is InChI=1S/C21H25N3O3/c1-27-16-5-6-17-14(8-16)9-18(22-17)21(26)23-10-13-7-15(12-23)19-3-2-4-20(25)24(19)11-13/h5-6,8-9,13,15,19,22H,2-4,7,10-12H2,1H3/t13-,15+,19?/m1/s1. The summed E-state index contributed by atoms with van der Waals surface area (Å²) in [5.41, 5.74) is 1.58. The number of fused-ring (bicyclic) bond motifs is 5. The van der Waals surface area contributed by atoms with E-state index in [1.54, 1.807) is 7.11 Å². The van der Waals surface area contributed by atoms with Gasteiger partial charge in [-0.15, -0.1) is 0 Å². The smallest absolute Gasteiger partial charge is 0.270 e. The molecule has 1 aromatic carbocycles. The van der Waals surface area contributed by atoms with Crippen molar-refractivity contribution in [1.29, 1.82) is 0 Å². The Hall–Kier alpha value is -2.50. The first-order chi connectivity index (χ1) is 13.1. The van der Waals surface area contributed by atoms with Gasteiger partial charge < -0.3 is 19.5 Å². The molecular weight excluding hydrogens is 342 g/mol. The van der Waals surface area contributed by atoms with Crippen molar-refractivity contribution in [3.8, 4) is 5.75 Å². The highest BCUT2D eigenvalue weighted by atomic mass is 16.5. The molecule has 3 saturated heterocycles. The lowest BCUT2D eigenvalue weighted by molar-refractivity contribution is -0.144. The highest BCUT2D eigenvalue weighted by molar-refractivity contribution is 5.98. The number of hydrogen-bond donors (Lipinski definition) is 1. The minimum Gasteiger partial charge on any atom is -0.497 e. The molecule has 6 heteroatoms. The van der Waals surface area contributed by atoms with Crippen molar-refractivity contribution in [1.82, 2.24) is 14.8 Å². The lowest BCUT2D eigenvalue weighted by atomic mass is 9.76. The normalized spacial score (nSPS) is 27.6. The number of methoxy groups -OCH3 is 1. The monoisotopic (exact) mass is 367 g/mol. The Bertz CT molecular complexity index is 905. The molecule has 0 saturated carbocycles. The van der Waals surface area contributed by atoms with Crippen molar-refractivity contribution in [2.75, 3.05) is 26.7 Å². The maximum absolute atomic E-state index is 13.2. The van der Waals surface area contributed by atoms with E-state index in [2.05, 4.69) is 9.88 Å². The van der Waals surface area contributed by atoms with E-state index in [1.807, 2.05) is 29.2 Å². The molecule has 3 aliphatic rings. The maximum atomic E-state index is 13.2. The number of rotatable bonds is 2. The van der Waals surface area contributed by atoms with Gasteiger partial charge in [-0.1, -0.05) is 0 Å². The average molecular weight is 367 g/mol. The van der Waals surface area contributed by atoms with Crippen LogP contribution in [-0.4, -0.2) is 59.4 Å². The molecule has 2 aromatic rings. The van der Waals surface area contributed by atoms with Gasteiger partial charge in [0.1, 0.15) is 11.4 Å². The SMILES string of the molecule is COc1ccc2[nH]c(C(=O)N3C[C@H]4C[C@@H](C3)C3CCCC(=O)N3C4)cc2c1. The third-order valence-electron chi connectivity index (χ3n) is 6.53. The summed E-state index contributed by atoms with van der Waals surface area (Å²) in [6.45, 7) is 2.31. The molecule has 2 amide bonds. The predicted molar refractivity (Wildman–Crippen MR) is 102 cm³/mol. The quantitative estimate of drug-likeness (QED) is 0.887. The first kappa shape index (κ1) is 16.7. The molecule has 1 N–H and O–H groups in total. The van der Waals surface area contributed by atoms with Crippen LogP contribution < -0.4 is 4.74 Å². The Morgan fingerprint density at radius 1 is 1.22 bits per heavy atom. The van der Waals surface area contributed by atoms with Crippen molar-refractivity contribution in [2.45, 2.75) is 31.7 Å². The Balaban J connectivity index is 1.38. The number of benzene rings is 1. The molecule has 1 unspecified atom stereocenters. The van der Waals surface area contributed by atoms with Gasteiger partial charge in [0.15, 0.2) is 0 Å². The van der Waals surface area contributed by atoms with Gasteiger partial charge in [0, 0.05) is 43.0 Å². The van der Waals surface area contributed by atoms with Gasteiger partial charge in [-0.05, 0) is 55.4 Å². The summed E-state index contributed by atoms with van der Waals surface area (Å²) in [5, 5.41) is 0.985. The summed E-state index contributed by atoms with van der Waals surface area (Å²) in [5.74, 6) is 1.97. The molecule has 3 fully saturated rings. The van der Waals surface area contributed by atoms with E-state index in [9.17, 15) is 9.59 Å². The zero-order chi connectivity index (χ0) is 18.5. The Morgan fingerprint density at radius 3 is 2.96 bits per heavy atom. The Morgan fingerprint density at radius 2 is 2.11 bits per heavy atom. The summed E-state index contributed by atoms with van der Waals surface area (Å²) >= 11 is 0. The summed E-state index contributed by atoms with van der Waals surface area (Å²) in [4.78, 5) is 32.8. The first-order valence-electron chi connectivity index (χ1n) is 9.88. The molecule has 1 aromatic heterocycles. The van der Waals surface area contributed by atoms with Gasteiger partial charge in [0.25, 0.3) is 5.91 Å². The fourth-order valence-electron chi connectivity index (χ4n) is 5.30. The van der Waals surface area contributed by atoms with Gasteiger partial charge in [-0.25, -0.2) is 0 Å². The molecule has 0 spiro atoms. The summed E-state index contributed by atoms with van der Waals surface area (Å²) in [6, 6.07) is 8.03. The number of nitrogens with zero attached hydrogens (tertiary/aromatic N) is 2. The molecule has 142 valence electrons. The molecule has 5 rings (SSSR count). The second-order valence-electron chi connectivity index (χ2n) is 8.21. The average Bonchev–Trinajstić information content (AvgIpc) is 3.11. The van der Waals surface area contributed by atoms with E-state index in [0.717, 1.165) is 55.5 Å². The maximum Gasteiger partial charge on any atom is 0.270 e. The van der Waals surface area contributed by atoms with Crippen molar-refractivity contribution in [3.63, 3.8) is 0 Å². The van der Waals surface area contributed by atoms with Crippen LogP contribution in [0.2, 0.25) is 0 Å². The minimum absolute atomic E-state index is 0.0652. The summed E-state index contributed by atoms with van der Waals surface area (Å²) < 4.78 is 5.28. The van der Waals surface area contributed by atoms with E-state index in [-0.39, 0.29) is 5.91 Å². The van der Waals surface area contributed by atoms with Crippen molar-refractivity contribution in [2.24, 2.45) is 11.8 Å². The van der Waals surface area contributed by atoms with E-state index in [1.165, 1.54) is 0 Å². The summed E-state index contributed by atoms with van der Waals surface area (Å²) in [7, 11) is 1.64. The molecule has 0 radical (unpaired) electrons. The van der Waals surface area contributed by atoms with E-state index >= 15 is 0 Å². The number of aromatic nitrogens is 1. The number of H-pyrrole nitrogens is 1. The number of amides is 2. The summed E-state index contributed by atoms with van der Waals surface area (Å²) in [6.07, 6.45) is 3.90. The zero-order valence-corrected chi connectivity index (χ0v) is 15.6. The number of aromatic amines is 1. The largest absolute Gasteiger partial charge is 0.497 e. The van der Waals surface area contributed by atoms with E-state index in [4.69, 9.17) is 4.74 Å². The van der Waals surface area contributed by atoms with Crippen LogP contribution in [0.25, 0.3) is 10.9 Å². The van der Waals surface area contributed by atoms with Crippen LogP contribution in [0.1, 0.15) is 36.2 Å². The van der Waals surface area contributed by atoms with Crippen molar-refractivity contribution >= 4 is 22.7 Å². The van der Waals surface area contributed by atoms with Crippen molar-refractivity contribution in [3.05, 3.63) is 30.0 Å². The van der Waals surface area contributed by atoms with E-state index < -0.39 is 0 Å². The molecule has 4 heterocycles. The first-order valence-corrected chi connectivity index (χ1v) is 9.88. The molecule has 3 atom stereocenters. The van der Waals surface area contributed by atoms with Crippen LogP contribution in [-0.2, 0) is 4.79 Å². The third-order valence-corrected chi connectivity index (χ3v) is 6.53. The van der Waals surface area contributed by atoms with Gasteiger partial charge in [0.2, 0.25) is 5.91 Å². The second kappa shape index (κ2) is 6.29. The van der Waals surface area contributed by atoms with Crippen LogP contribution in [0, 0.1) is 11.8 Å². The Kier molecular flexibility index (Phi) is 3.88. The van der Waals surface area contributed by atoms with Gasteiger partial charge in [-0.2, -0.15) is 0 Å². The number of likely N-dealkylation sites (tertiary alicyclic amines) is 1. The number of ether oxygens (including phenoxy) is 1. The van der Waals surface area contributed by atoms with Crippen LogP contribution in [0.15, 0.2) is 24.3 Å². The number of hydrogen-bond acceptors (Lipinski definition) is 3. The van der Waals surface area contributed by atoms with Gasteiger partial charge in [-0.3, -0.25) is 9.59 Å². The lowest BCUT2D eigenvalue weighted by Gasteiger charge is -2.52. The van der Waals surface area contributed by atoms with Gasteiger partial charge >= 0.3 is 0 Å². The van der Waals surface area contributed by atoms with Gasteiger partial charge in [0.05, 0.1) is 7.11 Å². The number of piperidine rings is 3. The fourth-order valence-corrected chi connectivity index (χ4v) is 5.30. The van der Waals surface area contributed by atoms with Crippen LogP contribution in [0.5, 0.6) is 5.75 Å². The lowest BCUT2D eigenvalue weighted by Crippen LogP contribution is -2.61. The van der Waals surface area contributed by atoms with Crippen LogP contribution >= 0.6 is 0 Å². The van der Waals surface area contributed by atoms with Crippen LogP contribution in [0.4, 0.5) is 0 Å². The third kappa shape index (κ3) is 2.78. The highest BCUT2D eigenvalue weighted by Crippen LogP contribution is 2.38. The zero-order valence-electron chi connectivity index (χ0n) is 15.6. The van der Waals surface area contributed by atoms with Crippen molar-refractivity contribution < 1.29 is 14.3 Å². The molecule has 6 nitrogen and oxygen atoms in total. The molecule has 3 aliphatic heterocycles. The minimum atomic E-state index is 0.0652. The van der Waals surface area contributed by atoms with E-state index in [0.29, 0.717) is 35.9 Å². The number of carbonyl (C=O) groups is 2. The molecular formula is C21H25N3O3. The Labute approximate surface area is 158 Å². The molecule has 2 bridgehead atoms. The number of carbonyl (C=O) groups excluding carboxylic acids is 2. The predicted octanol–water partition coefficient (Wildman–Crippen LogP) is 2.65. The molecule has 27 heavy (non-hydrogen) atoms. The fraction of sp³-hybridized carbons (Fsp3) is 0.524. The van der Waals surface area contributed by atoms with Crippen LogP contribution in [0.3, 0.4) is 0 Å². The second-order valence-corrected chi connectivity index (χ2v) is 8.21. The molecule has 0 aliphatic carbocycles. The number of nitrogens with one attached hydrogen (secondary N) is 1. The topological polar surface area (TPSA) is 65.6 Å². The highest BCUT2D eigenvalue weighted by Gasteiger charge is 2.44.